The highest BCUT2D eigenvalue weighted by atomic mass is 79.9. The molecule has 0 saturated heterocycles. The van der Waals surface area contributed by atoms with Crippen molar-refractivity contribution < 1.29 is 15.0 Å². The third kappa shape index (κ3) is 4.08. The van der Waals surface area contributed by atoms with Gasteiger partial charge < -0.3 is 10.2 Å². The van der Waals surface area contributed by atoms with Gasteiger partial charge in [-0.05, 0) is 29.5 Å². The highest BCUT2D eigenvalue weighted by Gasteiger charge is 2.19. The summed E-state index contributed by atoms with van der Waals surface area (Å²) in [4.78, 5) is 10.9. The van der Waals surface area contributed by atoms with Crippen molar-refractivity contribution in [2.45, 2.75) is 24.3 Å². The number of carbonyl (C=O) groups is 1. The van der Waals surface area contributed by atoms with Crippen LogP contribution in [0.3, 0.4) is 0 Å². The summed E-state index contributed by atoms with van der Waals surface area (Å²) in [6.07, 6.45) is 0.222. The van der Waals surface area contributed by atoms with Crippen LogP contribution in [-0.2, 0) is 16.5 Å². The van der Waals surface area contributed by atoms with E-state index in [1.165, 1.54) is 0 Å². The van der Waals surface area contributed by atoms with Crippen LogP contribution in [0, 0.1) is 0 Å². The molecular weight excluding hydrogens is 352 g/mol. The molecule has 94 valence electrons. The first-order chi connectivity index (χ1) is 8.10. The molecule has 0 spiro atoms. The van der Waals surface area contributed by atoms with Crippen LogP contribution in [0.2, 0.25) is 0 Å². The molecule has 0 amide bonds. The average Bonchev–Trinajstić information content (AvgIpc) is 2.35. The van der Waals surface area contributed by atoms with Gasteiger partial charge in [-0.2, -0.15) is 0 Å². The Morgan fingerprint density at radius 3 is 2.59 bits per heavy atom. The van der Waals surface area contributed by atoms with E-state index in [-0.39, 0.29) is 0 Å². The maximum absolute atomic E-state index is 10.9. The van der Waals surface area contributed by atoms with Gasteiger partial charge in [0, 0.05) is 10.7 Å². The molecular formula is C12H14Br2O3. The first-order valence-electron chi connectivity index (χ1n) is 5.24. The smallest absolute Gasteiger partial charge is 0.337 e. The lowest BCUT2D eigenvalue weighted by molar-refractivity contribution is -0.147. The van der Waals surface area contributed by atoms with Crippen molar-refractivity contribution in [3.63, 3.8) is 0 Å². The van der Waals surface area contributed by atoms with Crippen LogP contribution in [0.25, 0.3) is 0 Å². The van der Waals surface area contributed by atoms with E-state index in [9.17, 15) is 9.90 Å². The Balaban J connectivity index is 3.06. The lowest BCUT2D eigenvalue weighted by Crippen LogP contribution is -2.13. The predicted molar refractivity (Wildman–Crippen MR) is 73.8 cm³/mol. The lowest BCUT2D eigenvalue weighted by atomic mass is 9.97. The molecule has 0 fully saturated rings. The first kappa shape index (κ1) is 14.7. The minimum absolute atomic E-state index is 0.496. The number of hydrogen-bond acceptors (Lipinski definition) is 2. The van der Waals surface area contributed by atoms with Gasteiger partial charge in [0.1, 0.15) is 0 Å². The molecule has 0 radical (unpaired) electrons. The van der Waals surface area contributed by atoms with Gasteiger partial charge in [-0.3, -0.25) is 0 Å². The molecule has 1 aromatic rings. The number of aryl methyl sites for hydroxylation is 1. The fourth-order valence-electron chi connectivity index (χ4n) is 1.60. The summed E-state index contributed by atoms with van der Waals surface area (Å²) in [6.45, 7) is 0. The highest BCUT2D eigenvalue weighted by Crippen LogP contribution is 2.23. The van der Waals surface area contributed by atoms with E-state index in [0.717, 1.165) is 29.3 Å². The summed E-state index contributed by atoms with van der Waals surface area (Å²) in [5, 5.41) is 20.1. The lowest BCUT2D eigenvalue weighted by Gasteiger charge is -2.13. The number of carboxylic acids is 1. The van der Waals surface area contributed by atoms with Gasteiger partial charge in [-0.15, -0.1) is 0 Å². The normalized spacial score (nSPS) is 12.4. The molecule has 5 heteroatoms. The van der Waals surface area contributed by atoms with Crippen LogP contribution in [0.5, 0.6) is 0 Å². The van der Waals surface area contributed by atoms with Crippen molar-refractivity contribution in [1.29, 1.82) is 0 Å². The average molecular weight is 366 g/mol. The molecule has 3 nitrogen and oxygen atoms in total. The van der Waals surface area contributed by atoms with Crippen molar-refractivity contribution in [3.8, 4) is 0 Å². The fraction of sp³-hybridized carbons (Fsp3) is 0.417. The first-order valence-corrected chi connectivity index (χ1v) is 7.49. The molecule has 1 aromatic carbocycles. The van der Waals surface area contributed by atoms with Gasteiger partial charge in [0.25, 0.3) is 0 Å². The zero-order valence-electron chi connectivity index (χ0n) is 9.20. The summed E-state index contributed by atoms with van der Waals surface area (Å²) < 4.78 is 0. The molecule has 0 aliphatic rings. The van der Waals surface area contributed by atoms with Crippen LogP contribution >= 0.6 is 31.9 Å². The topological polar surface area (TPSA) is 57.5 Å². The minimum Gasteiger partial charge on any atom is -0.479 e. The largest absolute Gasteiger partial charge is 0.479 e. The second-order valence-electron chi connectivity index (χ2n) is 3.70. The van der Waals surface area contributed by atoms with Gasteiger partial charge >= 0.3 is 5.97 Å². The number of hydrogen-bond donors (Lipinski definition) is 2. The van der Waals surface area contributed by atoms with Gasteiger partial charge in [-0.25, -0.2) is 4.79 Å². The SMILES string of the molecule is O=C(O)C(O)c1cc(CBr)ccc1CCCBr. The number of rotatable bonds is 6. The Labute approximate surface area is 117 Å². The van der Waals surface area contributed by atoms with E-state index < -0.39 is 12.1 Å². The number of aliphatic hydroxyl groups is 1. The van der Waals surface area contributed by atoms with E-state index in [1.807, 2.05) is 12.1 Å². The second kappa shape index (κ2) is 7.13. The summed E-state index contributed by atoms with van der Waals surface area (Å²) >= 11 is 6.66. The molecule has 1 unspecified atom stereocenters. The fourth-order valence-corrected chi connectivity index (χ4v) is 2.23. The number of alkyl halides is 2. The Kier molecular flexibility index (Phi) is 6.16. The molecule has 0 aromatic heterocycles. The zero-order valence-corrected chi connectivity index (χ0v) is 12.4. The molecule has 1 atom stereocenters. The number of aliphatic carboxylic acids is 1. The molecule has 0 heterocycles. The predicted octanol–water partition coefficient (Wildman–Crippen LogP) is 3.03. The molecule has 0 aliphatic carbocycles. The van der Waals surface area contributed by atoms with Crippen molar-refractivity contribution >= 4 is 37.8 Å². The summed E-state index contributed by atoms with van der Waals surface area (Å²) in [5.41, 5.74) is 2.35. The monoisotopic (exact) mass is 364 g/mol. The van der Waals surface area contributed by atoms with E-state index in [4.69, 9.17) is 5.11 Å². The van der Waals surface area contributed by atoms with Gasteiger partial charge in [-0.1, -0.05) is 50.1 Å². The van der Waals surface area contributed by atoms with E-state index >= 15 is 0 Å². The van der Waals surface area contributed by atoms with Crippen LogP contribution in [0.4, 0.5) is 0 Å². The van der Waals surface area contributed by atoms with Crippen molar-refractivity contribution in [1.82, 2.24) is 0 Å². The highest BCUT2D eigenvalue weighted by molar-refractivity contribution is 9.09. The number of aliphatic hydroxyl groups excluding tert-OH is 1. The van der Waals surface area contributed by atoms with Crippen LogP contribution < -0.4 is 0 Å². The van der Waals surface area contributed by atoms with Crippen molar-refractivity contribution in [2.75, 3.05) is 5.33 Å². The molecule has 0 bridgehead atoms. The zero-order chi connectivity index (χ0) is 12.8. The number of carboxylic acid groups (broad SMARTS) is 1. The van der Waals surface area contributed by atoms with Gasteiger partial charge in [0.05, 0.1) is 0 Å². The molecule has 0 saturated carbocycles. The van der Waals surface area contributed by atoms with Gasteiger partial charge in [0.2, 0.25) is 0 Å². The Bertz CT molecular complexity index is 393. The van der Waals surface area contributed by atoms with Crippen molar-refractivity contribution in [3.05, 3.63) is 34.9 Å². The third-order valence-corrected chi connectivity index (χ3v) is 3.68. The van der Waals surface area contributed by atoms with Crippen LogP contribution in [0.1, 0.15) is 29.2 Å². The number of benzene rings is 1. The van der Waals surface area contributed by atoms with E-state index in [0.29, 0.717) is 10.9 Å². The van der Waals surface area contributed by atoms with E-state index in [1.54, 1.807) is 6.07 Å². The Hall–Kier alpha value is -0.390. The third-order valence-electron chi connectivity index (χ3n) is 2.47. The molecule has 1 rings (SSSR count). The molecule has 0 aliphatic heterocycles. The van der Waals surface area contributed by atoms with Crippen LogP contribution in [0.15, 0.2) is 18.2 Å². The van der Waals surface area contributed by atoms with E-state index in [2.05, 4.69) is 31.9 Å². The molecule has 17 heavy (non-hydrogen) atoms. The minimum atomic E-state index is -1.45. The summed E-state index contributed by atoms with van der Waals surface area (Å²) in [5.74, 6) is -1.21. The van der Waals surface area contributed by atoms with Gasteiger partial charge in [0.15, 0.2) is 6.10 Å². The Morgan fingerprint density at radius 2 is 2.06 bits per heavy atom. The maximum atomic E-state index is 10.9. The van der Waals surface area contributed by atoms with Crippen LogP contribution in [-0.4, -0.2) is 21.5 Å². The standard InChI is InChI=1S/C12H14Br2O3/c13-5-1-2-9-4-3-8(7-14)6-10(9)11(15)12(16)17/h3-4,6,11,15H,1-2,5,7H2,(H,16,17). The second-order valence-corrected chi connectivity index (χ2v) is 5.05. The summed E-state index contributed by atoms with van der Waals surface area (Å²) in [6, 6.07) is 5.58. The number of halogens is 2. The Morgan fingerprint density at radius 1 is 1.35 bits per heavy atom. The quantitative estimate of drug-likeness (QED) is 0.762. The maximum Gasteiger partial charge on any atom is 0.337 e. The molecule has 2 N–H and O–H groups in total. The summed E-state index contributed by atoms with van der Waals surface area (Å²) in [7, 11) is 0. The van der Waals surface area contributed by atoms with Crippen molar-refractivity contribution in [2.24, 2.45) is 0 Å².